The molecule has 0 radical (unpaired) electrons. The Bertz CT molecular complexity index is 709. The van der Waals surface area contributed by atoms with E-state index in [1.54, 1.807) is 18.2 Å². The van der Waals surface area contributed by atoms with E-state index in [4.69, 9.17) is 14.2 Å². The smallest absolute Gasteiger partial charge is 0.201 e. The van der Waals surface area contributed by atoms with Gasteiger partial charge in [0.2, 0.25) is 5.78 Å². The number of hydrogen-bond acceptors (Lipinski definition) is 5. The first-order valence-electron chi connectivity index (χ1n) is 7.28. The van der Waals surface area contributed by atoms with Gasteiger partial charge < -0.3 is 19.3 Å². The lowest BCUT2D eigenvalue weighted by Gasteiger charge is -2.37. The average molecular weight is 314 g/mol. The highest BCUT2D eigenvalue weighted by atomic mass is 16.7. The molecule has 0 fully saturated rings. The molecule has 0 bridgehead atoms. The third-order valence-corrected chi connectivity index (χ3v) is 3.86. The number of methoxy groups -OCH3 is 1. The predicted octanol–water partition coefficient (Wildman–Crippen LogP) is 2.74. The SMILES string of the molecule is COCOc1ccc2c(c1)OC(c1ccccc1)C(C)(O)C2=O. The van der Waals surface area contributed by atoms with Crippen LogP contribution in [0.3, 0.4) is 0 Å². The van der Waals surface area contributed by atoms with E-state index in [1.165, 1.54) is 14.0 Å². The van der Waals surface area contributed by atoms with E-state index in [-0.39, 0.29) is 12.6 Å². The van der Waals surface area contributed by atoms with Gasteiger partial charge in [-0.1, -0.05) is 30.3 Å². The monoisotopic (exact) mass is 314 g/mol. The van der Waals surface area contributed by atoms with Crippen LogP contribution in [0.25, 0.3) is 0 Å². The van der Waals surface area contributed by atoms with E-state index in [0.29, 0.717) is 17.1 Å². The molecule has 0 spiro atoms. The number of ketones is 1. The first-order valence-corrected chi connectivity index (χ1v) is 7.28. The highest BCUT2D eigenvalue weighted by Crippen LogP contribution is 2.42. The number of carbonyl (C=O) groups excluding carboxylic acids is 1. The van der Waals surface area contributed by atoms with Crippen molar-refractivity contribution in [2.24, 2.45) is 0 Å². The van der Waals surface area contributed by atoms with Gasteiger partial charge >= 0.3 is 0 Å². The fourth-order valence-electron chi connectivity index (χ4n) is 2.66. The third kappa shape index (κ3) is 2.81. The molecule has 5 heteroatoms. The van der Waals surface area contributed by atoms with E-state index in [0.717, 1.165) is 5.56 Å². The number of hydrogen-bond donors (Lipinski definition) is 1. The molecule has 2 atom stereocenters. The lowest BCUT2D eigenvalue weighted by atomic mass is 9.83. The summed E-state index contributed by atoms with van der Waals surface area (Å²) in [7, 11) is 1.53. The van der Waals surface area contributed by atoms with E-state index >= 15 is 0 Å². The van der Waals surface area contributed by atoms with Gasteiger partial charge in [0, 0.05) is 13.2 Å². The largest absolute Gasteiger partial charge is 0.481 e. The second-order valence-electron chi connectivity index (χ2n) is 5.59. The van der Waals surface area contributed by atoms with Crippen molar-refractivity contribution < 1.29 is 24.1 Å². The first-order chi connectivity index (χ1) is 11.0. The van der Waals surface area contributed by atoms with Crippen molar-refractivity contribution in [3.8, 4) is 11.5 Å². The average Bonchev–Trinajstić information content (AvgIpc) is 2.57. The Kier molecular flexibility index (Phi) is 4.07. The molecular weight excluding hydrogens is 296 g/mol. The fraction of sp³-hybridized carbons (Fsp3) is 0.278. The van der Waals surface area contributed by atoms with E-state index in [9.17, 15) is 9.90 Å². The Morgan fingerprint density at radius 2 is 1.96 bits per heavy atom. The van der Waals surface area contributed by atoms with Crippen LogP contribution in [0.2, 0.25) is 0 Å². The molecule has 5 nitrogen and oxygen atoms in total. The molecular formula is C18H18O5. The lowest BCUT2D eigenvalue weighted by Crippen LogP contribution is -2.47. The topological polar surface area (TPSA) is 65.0 Å². The van der Waals surface area contributed by atoms with Gasteiger partial charge in [-0.3, -0.25) is 4.79 Å². The Hall–Kier alpha value is -2.37. The van der Waals surface area contributed by atoms with Crippen molar-refractivity contribution >= 4 is 5.78 Å². The van der Waals surface area contributed by atoms with Crippen molar-refractivity contribution in [3.05, 3.63) is 59.7 Å². The molecule has 2 aromatic carbocycles. The number of fused-ring (bicyclic) bond motifs is 1. The Balaban J connectivity index is 2.00. The lowest BCUT2D eigenvalue weighted by molar-refractivity contribution is -0.0381. The quantitative estimate of drug-likeness (QED) is 0.879. The summed E-state index contributed by atoms with van der Waals surface area (Å²) in [5, 5.41) is 10.7. The summed E-state index contributed by atoms with van der Waals surface area (Å²) in [5.41, 5.74) is -0.560. The van der Waals surface area contributed by atoms with Crippen LogP contribution in [0.4, 0.5) is 0 Å². The number of carbonyl (C=O) groups is 1. The maximum atomic E-state index is 12.7. The minimum absolute atomic E-state index is 0.104. The molecule has 23 heavy (non-hydrogen) atoms. The fourth-order valence-corrected chi connectivity index (χ4v) is 2.66. The van der Waals surface area contributed by atoms with Gasteiger partial charge in [0.05, 0.1) is 5.56 Å². The standard InChI is InChI=1S/C18H18O5/c1-18(20)16(19)14-9-8-13(22-11-21-2)10-15(14)23-17(18)12-6-4-3-5-7-12/h3-10,17,20H,11H2,1-2H3. The summed E-state index contributed by atoms with van der Waals surface area (Å²) < 4.78 is 16.2. The minimum Gasteiger partial charge on any atom is -0.481 e. The van der Waals surface area contributed by atoms with Crippen molar-refractivity contribution in [1.29, 1.82) is 0 Å². The molecule has 1 aliphatic rings. The van der Waals surface area contributed by atoms with Gasteiger partial charge in [0.1, 0.15) is 11.5 Å². The highest BCUT2D eigenvalue weighted by Gasteiger charge is 2.47. The second-order valence-corrected chi connectivity index (χ2v) is 5.59. The Labute approximate surface area is 134 Å². The van der Waals surface area contributed by atoms with Gasteiger partial charge in [-0.15, -0.1) is 0 Å². The van der Waals surface area contributed by atoms with Crippen molar-refractivity contribution in [2.45, 2.75) is 18.6 Å². The van der Waals surface area contributed by atoms with Crippen molar-refractivity contribution in [2.75, 3.05) is 13.9 Å². The summed E-state index contributed by atoms with van der Waals surface area (Å²) in [6.45, 7) is 1.58. The Morgan fingerprint density at radius 1 is 1.22 bits per heavy atom. The number of benzene rings is 2. The van der Waals surface area contributed by atoms with Gasteiger partial charge in [-0.2, -0.15) is 0 Å². The van der Waals surface area contributed by atoms with Gasteiger partial charge in [-0.05, 0) is 24.6 Å². The number of ether oxygens (including phenoxy) is 3. The third-order valence-electron chi connectivity index (χ3n) is 3.86. The molecule has 1 N–H and O–H groups in total. The zero-order valence-electron chi connectivity index (χ0n) is 13.0. The molecule has 2 aromatic rings. The van der Waals surface area contributed by atoms with Crippen LogP contribution in [0, 0.1) is 0 Å². The summed E-state index contributed by atoms with van der Waals surface area (Å²) >= 11 is 0. The van der Waals surface area contributed by atoms with Crippen LogP contribution >= 0.6 is 0 Å². The molecule has 0 aromatic heterocycles. The highest BCUT2D eigenvalue weighted by molar-refractivity contribution is 6.05. The molecule has 0 amide bonds. The van der Waals surface area contributed by atoms with Crippen LogP contribution in [0.1, 0.15) is 28.9 Å². The molecule has 1 aliphatic heterocycles. The molecule has 2 unspecified atom stereocenters. The molecule has 120 valence electrons. The van der Waals surface area contributed by atoms with Crippen LogP contribution in [0.5, 0.6) is 11.5 Å². The van der Waals surface area contributed by atoms with Gasteiger partial charge in [0.25, 0.3) is 0 Å². The van der Waals surface area contributed by atoms with Crippen LogP contribution < -0.4 is 9.47 Å². The molecule has 1 heterocycles. The van der Waals surface area contributed by atoms with E-state index in [1.807, 2.05) is 30.3 Å². The summed E-state index contributed by atoms with van der Waals surface area (Å²) in [6, 6.07) is 14.1. The van der Waals surface area contributed by atoms with Gasteiger partial charge in [0.15, 0.2) is 18.5 Å². The molecule has 3 rings (SSSR count). The summed E-state index contributed by atoms with van der Waals surface area (Å²) in [5.74, 6) is 0.557. The Morgan fingerprint density at radius 3 is 2.65 bits per heavy atom. The number of aliphatic hydroxyl groups is 1. The van der Waals surface area contributed by atoms with Crippen LogP contribution in [-0.2, 0) is 4.74 Å². The second kappa shape index (κ2) is 6.02. The normalized spacial score (nSPS) is 23.1. The number of Topliss-reactive ketones (excluding diaryl/α,β-unsaturated/α-hetero) is 1. The molecule has 0 saturated carbocycles. The van der Waals surface area contributed by atoms with Gasteiger partial charge in [-0.25, -0.2) is 0 Å². The first kappa shape index (κ1) is 15.5. The molecule has 0 saturated heterocycles. The minimum atomic E-state index is -1.64. The molecule has 0 aliphatic carbocycles. The van der Waals surface area contributed by atoms with E-state index < -0.39 is 11.7 Å². The maximum Gasteiger partial charge on any atom is 0.201 e. The zero-order valence-corrected chi connectivity index (χ0v) is 13.0. The van der Waals surface area contributed by atoms with E-state index in [2.05, 4.69) is 0 Å². The number of rotatable bonds is 4. The van der Waals surface area contributed by atoms with Crippen molar-refractivity contribution in [1.82, 2.24) is 0 Å². The van der Waals surface area contributed by atoms with Crippen LogP contribution in [-0.4, -0.2) is 30.4 Å². The maximum absolute atomic E-state index is 12.7. The summed E-state index contributed by atoms with van der Waals surface area (Å²) in [6.07, 6.45) is -0.777. The van der Waals surface area contributed by atoms with Crippen LogP contribution in [0.15, 0.2) is 48.5 Å². The summed E-state index contributed by atoms with van der Waals surface area (Å²) in [4.78, 5) is 12.7. The predicted molar refractivity (Wildman–Crippen MR) is 83.7 cm³/mol. The zero-order chi connectivity index (χ0) is 16.4. The van der Waals surface area contributed by atoms with Crippen molar-refractivity contribution in [3.63, 3.8) is 0 Å².